The van der Waals surface area contributed by atoms with Gasteiger partial charge in [0.05, 0.1) is 29.2 Å². The lowest BCUT2D eigenvalue weighted by atomic mass is 9.93. The van der Waals surface area contributed by atoms with Gasteiger partial charge in [0.1, 0.15) is 17.4 Å². The summed E-state index contributed by atoms with van der Waals surface area (Å²) in [5, 5.41) is 9.51. The molecule has 7 rings (SSSR count). The number of benzene rings is 3. The highest BCUT2D eigenvalue weighted by Crippen LogP contribution is 2.48. The van der Waals surface area contributed by atoms with Gasteiger partial charge in [0.2, 0.25) is 0 Å². The number of ether oxygens (including phenoxy) is 3. The van der Waals surface area contributed by atoms with Crippen LogP contribution in [0, 0.1) is 11.6 Å². The van der Waals surface area contributed by atoms with Crippen LogP contribution in [0.4, 0.5) is 8.78 Å². The quantitative estimate of drug-likeness (QED) is 0.363. The maximum atomic E-state index is 15.5. The van der Waals surface area contributed by atoms with E-state index >= 15 is 8.78 Å². The molecule has 9 heteroatoms. The number of halogens is 2. The SMILES string of the molecule is O=C(O)C1(c2ccc(-c3ccc(-c4c(F)cc5[nH]c(OC6COC7CCOC76)nc5c4F)cc3)cc2)CC1. The van der Waals surface area contributed by atoms with E-state index in [1.807, 2.05) is 24.3 Å². The molecule has 2 saturated heterocycles. The number of hydrogen-bond donors (Lipinski definition) is 2. The molecule has 1 aliphatic carbocycles. The van der Waals surface area contributed by atoms with Gasteiger partial charge in [-0.15, -0.1) is 0 Å². The number of carboxylic acids is 1. The Morgan fingerprint density at radius 3 is 2.39 bits per heavy atom. The van der Waals surface area contributed by atoms with Crippen LogP contribution >= 0.6 is 0 Å². The number of fused-ring (bicyclic) bond motifs is 2. The van der Waals surface area contributed by atoms with Crippen molar-refractivity contribution in [1.29, 1.82) is 0 Å². The lowest BCUT2D eigenvalue weighted by molar-refractivity contribution is -0.140. The minimum atomic E-state index is -0.796. The van der Waals surface area contributed by atoms with Crippen LogP contribution in [0.5, 0.6) is 6.01 Å². The van der Waals surface area contributed by atoms with E-state index in [0.717, 1.165) is 23.1 Å². The second-order valence-electron chi connectivity index (χ2n) is 10.2. The summed E-state index contributed by atoms with van der Waals surface area (Å²) < 4.78 is 47.9. The van der Waals surface area contributed by atoms with Crippen LogP contribution in [0.25, 0.3) is 33.3 Å². The second kappa shape index (κ2) is 8.61. The highest BCUT2D eigenvalue weighted by Gasteiger charge is 2.51. The van der Waals surface area contributed by atoms with E-state index < -0.39 is 23.0 Å². The molecule has 7 nitrogen and oxygen atoms in total. The molecule has 2 aliphatic heterocycles. The molecule has 3 fully saturated rings. The van der Waals surface area contributed by atoms with E-state index in [1.165, 1.54) is 6.07 Å². The molecule has 3 heterocycles. The number of nitrogens with zero attached hydrogens (tertiary/aromatic N) is 1. The van der Waals surface area contributed by atoms with Crippen LogP contribution in [0.2, 0.25) is 0 Å². The number of carboxylic acid groups (broad SMARTS) is 1. The van der Waals surface area contributed by atoms with Crippen molar-refractivity contribution in [3.8, 4) is 28.3 Å². The summed E-state index contributed by atoms with van der Waals surface area (Å²) >= 11 is 0. The standard InChI is InChI=1S/C29H24F2N2O5/c30-19-13-20-25(33-28(32-20)38-22-14-37-21-9-12-36-26(21)22)24(31)23(19)17-3-1-15(2-4-17)16-5-7-18(8-6-16)29(10-11-29)27(34)35/h1-8,13,21-22,26H,9-12,14H2,(H,32,33)(H,34,35). The fourth-order valence-corrected chi connectivity index (χ4v) is 5.62. The Morgan fingerprint density at radius 2 is 1.71 bits per heavy atom. The van der Waals surface area contributed by atoms with Gasteiger partial charge in [-0.2, -0.15) is 4.98 Å². The number of rotatable bonds is 6. The molecule has 2 N–H and O–H groups in total. The van der Waals surface area contributed by atoms with E-state index in [4.69, 9.17) is 14.2 Å². The summed E-state index contributed by atoms with van der Waals surface area (Å²) in [4.78, 5) is 18.7. The lowest BCUT2D eigenvalue weighted by Gasteiger charge is -2.15. The minimum Gasteiger partial charge on any atom is -0.481 e. The molecule has 3 atom stereocenters. The van der Waals surface area contributed by atoms with Gasteiger partial charge in [0.15, 0.2) is 11.9 Å². The number of H-pyrrole nitrogens is 1. The Kier molecular flexibility index (Phi) is 5.28. The third kappa shape index (κ3) is 3.68. The van der Waals surface area contributed by atoms with E-state index in [2.05, 4.69) is 9.97 Å². The molecule has 0 amide bonds. The molecule has 38 heavy (non-hydrogen) atoms. The zero-order chi connectivity index (χ0) is 26.0. The van der Waals surface area contributed by atoms with Crippen molar-refractivity contribution in [2.45, 2.75) is 43.0 Å². The van der Waals surface area contributed by atoms with Gasteiger partial charge in [0, 0.05) is 12.7 Å². The summed E-state index contributed by atoms with van der Waals surface area (Å²) in [6.45, 7) is 0.956. The highest BCUT2D eigenvalue weighted by atomic mass is 19.1. The molecule has 4 aromatic rings. The molecule has 0 bridgehead atoms. The first-order valence-corrected chi connectivity index (χ1v) is 12.7. The summed E-state index contributed by atoms with van der Waals surface area (Å²) in [6.07, 6.45) is 1.53. The van der Waals surface area contributed by atoms with Gasteiger partial charge in [-0.05, 0) is 41.5 Å². The Labute approximate surface area is 216 Å². The molecule has 3 aliphatic rings. The number of aliphatic carboxylic acids is 1. The molecule has 1 aromatic heterocycles. The van der Waals surface area contributed by atoms with Crippen LogP contribution in [0.1, 0.15) is 24.8 Å². The van der Waals surface area contributed by atoms with Crippen LogP contribution in [-0.4, -0.2) is 52.6 Å². The zero-order valence-electron chi connectivity index (χ0n) is 20.2. The predicted octanol–water partition coefficient (Wildman–Crippen LogP) is 5.23. The number of aromatic nitrogens is 2. The Morgan fingerprint density at radius 1 is 1.03 bits per heavy atom. The fourth-order valence-electron chi connectivity index (χ4n) is 5.62. The molecular formula is C29H24F2N2O5. The molecule has 3 aromatic carbocycles. The van der Waals surface area contributed by atoms with Crippen molar-refractivity contribution in [3.05, 3.63) is 71.8 Å². The maximum Gasteiger partial charge on any atom is 0.314 e. The monoisotopic (exact) mass is 518 g/mol. The van der Waals surface area contributed by atoms with Crippen LogP contribution in [-0.2, 0) is 19.7 Å². The van der Waals surface area contributed by atoms with Crippen molar-refractivity contribution in [3.63, 3.8) is 0 Å². The van der Waals surface area contributed by atoms with Crippen molar-refractivity contribution >= 4 is 17.0 Å². The first-order valence-electron chi connectivity index (χ1n) is 12.7. The maximum absolute atomic E-state index is 15.5. The number of imidazole rings is 1. The smallest absolute Gasteiger partial charge is 0.314 e. The number of aromatic amines is 1. The lowest BCUT2D eigenvalue weighted by Crippen LogP contribution is -2.32. The molecule has 1 saturated carbocycles. The van der Waals surface area contributed by atoms with Crippen molar-refractivity contribution < 1.29 is 32.9 Å². The average Bonchev–Trinajstić information content (AvgIpc) is 3.22. The van der Waals surface area contributed by atoms with E-state index in [9.17, 15) is 9.90 Å². The zero-order valence-corrected chi connectivity index (χ0v) is 20.2. The van der Waals surface area contributed by atoms with E-state index in [0.29, 0.717) is 31.6 Å². The topological polar surface area (TPSA) is 93.7 Å². The second-order valence-corrected chi connectivity index (χ2v) is 10.2. The highest BCUT2D eigenvalue weighted by molar-refractivity contribution is 5.86. The van der Waals surface area contributed by atoms with Gasteiger partial charge < -0.3 is 24.3 Å². The number of nitrogens with one attached hydrogen (secondary N) is 1. The van der Waals surface area contributed by atoms with Gasteiger partial charge in [0.25, 0.3) is 6.01 Å². The van der Waals surface area contributed by atoms with Crippen LogP contribution < -0.4 is 4.74 Å². The van der Waals surface area contributed by atoms with Gasteiger partial charge in [-0.1, -0.05) is 48.5 Å². The van der Waals surface area contributed by atoms with Gasteiger partial charge >= 0.3 is 5.97 Å². The summed E-state index contributed by atoms with van der Waals surface area (Å²) in [7, 11) is 0. The number of hydrogen-bond acceptors (Lipinski definition) is 5. The first-order chi connectivity index (χ1) is 18.4. The third-order valence-corrected chi connectivity index (χ3v) is 7.93. The normalized spacial score (nSPS) is 23.5. The van der Waals surface area contributed by atoms with Crippen molar-refractivity contribution in [2.24, 2.45) is 0 Å². The first kappa shape index (κ1) is 23.3. The number of carbonyl (C=O) groups is 1. The molecule has 3 unspecified atom stereocenters. The van der Waals surface area contributed by atoms with Crippen LogP contribution in [0.15, 0.2) is 54.6 Å². The third-order valence-electron chi connectivity index (χ3n) is 7.93. The average molecular weight is 519 g/mol. The molecule has 0 spiro atoms. The molecule has 194 valence electrons. The van der Waals surface area contributed by atoms with Crippen molar-refractivity contribution in [2.75, 3.05) is 13.2 Å². The van der Waals surface area contributed by atoms with Gasteiger partial charge in [-0.3, -0.25) is 4.79 Å². The Bertz CT molecular complexity index is 1550. The summed E-state index contributed by atoms with van der Waals surface area (Å²) in [5.41, 5.74) is 2.17. The summed E-state index contributed by atoms with van der Waals surface area (Å²) in [5.74, 6) is -2.28. The minimum absolute atomic E-state index is 0.00805. The van der Waals surface area contributed by atoms with Crippen molar-refractivity contribution in [1.82, 2.24) is 9.97 Å². The van der Waals surface area contributed by atoms with Gasteiger partial charge in [-0.25, -0.2) is 8.78 Å². The Hall–Kier alpha value is -3.82. The molecule has 0 radical (unpaired) electrons. The van der Waals surface area contributed by atoms with E-state index in [-0.39, 0.29) is 40.9 Å². The molecular weight excluding hydrogens is 494 g/mol. The van der Waals surface area contributed by atoms with Crippen LogP contribution in [0.3, 0.4) is 0 Å². The Balaban J connectivity index is 1.14. The largest absolute Gasteiger partial charge is 0.481 e. The summed E-state index contributed by atoms with van der Waals surface area (Å²) in [6, 6.07) is 15.6. The fraction of sp³-hybridized carbons (Fsp3) is 0.310. The predicted molar refractivity (Wildman–Crippen MR) is 134 cm³/mol. The van der Waals surface area contributed by atoms with E-state index in [1.54, 1.807) is 24.3 Å².